The van der Waals surface area contributed by atoms with Gasteiger partial charge in [0.2, 0.25) is 0 Å². The highest BCUT2D eigenvalue weighted by Gasteiger charge is 2.10. The van der Waals surface area contributed by atoms with Crippen molar-refractivity contribution in [3.05, 3.63) is 29.3 Å². The molecule has 0 aliphatic heterocycles. The summed E-state index contributed by atoms with van der Waals surface area (Å²) in [5.41, 5.74) is 4.70. The molecule has 0 aliphatic carbocycles. The van der Waals surface area contributed by atoms with Crippen molar-refractivity contribution >= 4 is 11.6 Å². The van der Waals surface area contributed by atoms with E-state index in [-0.39, 0.29) is 5.91 Å². The Kier molecular flexibility index (Phi) is 7.64. The third-order valence-corrected chi connectivity index (χ3v) is 2.76. The Balaban J connectivity index is 2.34. The average molecular weight is 281 g/mol. The van der Waals surface area contributed by atoms with E-state index in [0.29, 0.717) is 37.6 Å². The second kappa shape index (κ2) is 9.30. The molecule has 0 aromatic heterocycles. The number of hydrazine groups is 1. The number of carbonyl (C=O) groups is 1. The van der Waals surface area contributed by atoms with E-state index in [1.807, 2.05) is 13.0 Å². The molecule has 1 rings (SSSR count). The number of hydrogen-bond acceptors (Lipinski definition) is 5. The number of aryl methyl sites for hydroxylation is 1. The van der Waals surface area contributed by atoms with Crippen molar-refractivity contribution in [2.24, 2.45) is 5.84 Å². The molecule has 4 N–H and O–H groups in total. The summed E-state index contributed by atoms with van der Waals surface area (Å²) in [7, 11) is 1.63. The zero-order valence-corrected chi connectivity index (χ0v) is 12.1. The number of methoxy groups -OCH3 is 1. The van der Waals surface area contributed by atoms with Crippen LogP contribution >= 0.6 is 0 Å². The van der Waals surface area contributed by atoms with Gasteiger partial charge in [0, 0.05) is 20.3 Å². The van der Waals surface area contributed by atoms with Gasteiger partial charge in [-0.15, -0.1) is 0 Å². The predicted molar refractivity (Wildman–Crippen MR) is 78.6 cm³/mol. The molecule has 6 heteroatoms. The maximum Gasteiger partial charge on any atom is 0.253 e. The number of amides is 1. The number of ether oxygens (including phenoxy) is 2. The molecule has 1 amide bonds. The van der Waals surface area contributed by atoms with Crippen LogP contribution in [0.5, 0.6) is 0 Å². The maximum atomic E-state index is 12.0. The topological polar surface area (TPSA) is 85.6 Å². The van der Waals surface area contributed by atoms with E-state index in [2.05, 4.69) is 10.7 Å². The summed E-state index contributed by atoms with van der Waals surface area (Å²) in [6.45, 7) is 4.24. The van der Waals surface area contributed by atoms with Crippen molar-refractivity contribution < 1.29 is 14.3 Å². The van der Waals surface area contributed by atoms with Crippen molar-refractivity contribution in [3.63, 3.8) is 0 Å². The van der Waals surface area contributed by atoms with Crippen LogP contribution in [0.1, 0.15) is 22.3 Å². The van der Waals surface area contributed by atoms with Gasteiger partial charge in [0.15, 0.2) is 0 Å². The molecule has 0 aliphatic rings. The van der Waals surface area contributed by atoms with Gasteiger partial charge in [-0.3, -0.25) is 10.6 Å². The Morgan fingerprint density at radius 2 is 2.10 bits per heavy atom. The van der Waals surface area contributed by atoms with Crippen LogP contribution in [-0.2, 0) is 9.47 Å². The Labute approximate surface area is 119 Å². The minimum absolute atomic E-state index is 0.140. The van der Waals surface area contributed by atoms with Crippen molar-refractivity contribution in [3.8, 4) is 0 Å². The molecule has 0 spiro atoms. The molecule has 0 heterocycles. The van der Waals surface area contributed by atoms with Crippen LogP contribution < -0.4 is 16.6 Å². The summed E-state index contributed by atoms with van der Waals surface area (Å²) in [4.78, 5) is 12.0. The largest absolute Gasteiger partial charge is 0.382 e. The van der Waals surface area contributed by atoms with Crippen molar-refractivity contribution in [1.29, 1.82) is 0 Å². The molecule has 0 radical (unpaired) electrons. The van der Waals surface area contributed by atoms with E-state index >= 15 is 0 Å². The number of benzene rings is 1. The van der Waals surface area contributed by atoms with Gasteiger partial charge in [-0.25, -0.2) is 0 Å². The quantitative estimate of drug-likeness (QED) is 0.358. The van der Waals surface area contributed by atoms with Gasteiger partial charge in [-0.1, -0.05) is 11.6 Å². The lowest BCUT2D eigenvalue weighted by atomic mass is 10.1. The fourth-order valence-corrected chi connectivity index (χ4v) is 1.69. The first kappa shape index (κ1) is 16.4. The van der Waals surface area contributed by atoms with Crippen LogP contribution in [0.25, 0.3) is 0 Å². The van der Waals surface area contributed by atoms with Gasteiger partial charge in [-0.05, 0) is 25.5 Å². The molecule has 0 saturated heterocycles. The number of nitrogen functional groups attached to an aromatic ring is 1. The Morgan fingerprint density at radius 3 is 2.80 bits per heavy atom. The van der Waals surface area contributed by atoms with E-state index in [1.165, 1.54) is 0 Å². The second-order valence-electron chi connectivity index (χ2n) is 4.41. The van der Waals surface area contributed by atoms with Crippen LogP contribution in [0, 0.1) is 6.92 Å². The molecular formula is C14H23N3O3. The SMILES string of the molecule is COCCOCCCNC(=O)c1cc(C)ccc1NN. The number of anilines is 1. The summed E-state index contributed by atoms with van der Waals surface area (Å²) < 4.78 is 10.2. The highest BCUT2D eigenvalue weighted by molar-refractivity contribution is 5.99. The molecule has 6 nitrogen and oxygen atoms in total. The summed E-state index contributed by atoms with van der Waals surface area (Å²) in [6.07, 6.45) is 0.757. The summed E-state index contributed by atoms with van der Waals surface area (Å²) in [5.74, 6) is 5.26. The highest BCUT2D eigenvalue weighted by atomic mass is 16.5. The monoisotopic (exact) mass is 281 g/mol. The van der Waals surface area contributed by atoms with Gasteiger partial charge >= 0.3 is 0 Å². The second-order valence-corrected chi connectivity index (χ2v) is 4.41. The summed E-state index contributed by atoms with van der Waals surface area (Å²) in [6, 6.07) is 5.49. The molecular weight excluding hydrogens is 258 g/mol. The van der Waals surface area contributed by atoms with Crippen molar-refractivity contribution in [2.45, 2.75) is 13.3 Å². The maximum absolute atomic E-state index is 12.0. The van der Waals surface area contributed by atoms with Gasteiger partial charge in [-0.2, -0.15) is 0 Å². The lowest BCUT2D eigenvalue weighted by molar-refractivity contribution is 0.0688. The zero-order valence-electron chi connectivity index (χ0n) is 12.1. The van der Waals surface area contributed by atoms with Gasteiger partial charge in [0.1, 0.15) is 0 Å². The average Bonchev–Trinajstić information content (AvgIpc) is 2.46. The molecule has 112 valence electrons. The first-order valence-electron chi connectivity index (χ1n) is 6.61. The minimum atomic E-state index is -0.140. The minimum Gasteiger partial charge on any atom is -0.382 e. The fraction of sp³-hybridized carbons (Fsp3) is 0.500. The van der Waals surface area contributed by atoms with Crippen LogP contribution in [-0.4, -0.2) is 39.4 Å². The van der Waals surface area contributed by atoms with E-state index in [9.17, 15) is 4.79 Å². The predicted octanol–water partition coefficient (Wildman–Crippen LogP) is 1.06. The van der Waals surface area contributed by atoms with Crippen LogP contribution in [0.3, 0.4) is 0 Å². The van der Waals surface area contributed by atoms with Gasteiger partial charge < -0.3 is 20.2 Å². The molecule has 20 heavy (non-hydrogen) atoms. The molecule has 0 atom stereocenters. The van der Waals surface area contributed by atoms with Gasteiger partial charge in [0.25, 0.3) is 5.91 Å². The van der Waals surface area contributed by atoms with Crippen LogP contribution in [0.15, 0.2) is 18.2 Å². The fourth-order valence-electron chi connectivity index (χ4n) is 1.69. The first-order chi connectivity index (χ1) is 9.69. The van der Waals surface area contributed by atoms with E-state index in [4.69, 9.17) is 15.3 Å². The van der Waals surface area contributed by atoms with Crippen LogP contribution in [0.4, 0.5) is 5.69 Å². The van der Waals surface area contributed by atoms with Crippen LogP contribution in [0.2, 0.25) is 0 Å². The standard InChI is InChI=1S/C14H23N3O3/c1-11-4-5-13(17-15)12(10-11)14(18)16-6-3-7-20-9-8-19-2/h4-5,10,17H,3,6-9,15H2,1-2H3,(H,16,18). The van der Waals surface area contributed by atoms with Crippen molar-refractivity contribution in [1.82, 2.24) is 5.32 Å². The number of nitrogens with two attached hydrogens (primary N) is 1. The third-order valence-electron chi connectivity index (χ3n) is 2.76. The normalized spacial score (nSPS) is 10.3. The Morgan fingerprint density at radius 1 is 1.30 bits per heavy atom. The molecule has 0 fully saturated rings. The number of rotatable bonds is 9. The lowest BCUT2D eigenvalue weighted by Crippen LogP contribution is -2.27. The molecule has 1 aromatic carbocycles. The highest BCUT2D eigenvalue weighted by Crippen LogP contribution is 2.15. The number of carbonyl (C=O) groups excluding carboxylic acids is 1. The first-order valence-corrected chi connectivity index (χ1v) is 6.61. The molecule has 0 bridgehead atoms. The number of hydrogen-bond donors (Lipinski definition) is 3. The molecule has 0 unspecified atom stereocenters. The lowest BCUT2D eigenvalue weighted by Gasteiger charge is -2.10. The summed E-state index contributed by atoms with van der Waals surface area (Å²) >= 11 is 0. The van der Waals surface area contributed by atoms with E-state index < -0.39 is 0 Å². The van der Waals surface area contributed by atoms with Crippen molar-refractivity contribution in [2.75, 3.05) is 38.9 Å². The Hall–Kier alpha value is -1.63. The zero-order chi connectivity index (χ0) is 14.8. The smallest absolute Gasteiger partial charge is 0.253 e. The van der Waals surface area contributed by atoms with E-state index in [1.54, 1.807) is 19.2 Å². The number of nitrogens with one attached hydrogen (secondary N) is 2. The third kappa shape index (κ3) is 5.56. The molecule has 0 saturated carbocycles. The summed E-state index contributed by atoms with van der Waals surface area (Å²) in [5, 5.41) is 2.85. The Bertz CT molecular complexity index is 424. The molecule has 1 aromatic rings. The van der Waals surface area contributed by atoms with Gasteiger partial charge in [0.05, 0.1) is 24.5 Å². The van der Waals surface area contributed by atoms with E-state index in [0.717, 1.165) is 12.0 Å².